The highest BCUT2D eigenvalue weighted by Crippen LogP contribution is 2.30. The third-order valence-electron chi connectivity index (χ3n) is 5.80. The molecule has 1 unspecified atom stereocenters. The highest BCUT2D eigenvalue weighted by molar-refractivity contribution is 6.06. The molecule has 5 rings (SSSR count). The lowest BCUT2D eigenvalue weighted by atomic mass is 9.96. The summed E-state index contributed by atoms with van der Waals surface area (Å²) in [7, 11) is 0. The number of nitrogens with zero attached hydrogens (tertiary/aromatic N) is 4. The monoisotopic (exact) mass is 389 g/mol. The summed E-state index contributed by atoms with van der Waals surface area (Å²) in [6.45, 7) is 7.16. The number of imidazole rings is 1. The lowest BCUT2D eigenvalue weighted by Crippen LogP contribution is -2.39. The summed E-state index contributed by atoms with van der Waals surface area (Å²) < 4.78 is 5.30. The van der Waals surface area contributed by atoms with Gasteiger partial charge < -0.3 is 14.4 Å². The van der Waals surface area contributed by atoms with E-state index >= 15 is 0 Å². The van der Waals surface area contributed by atoms with E-state index in [0.717, 1.165) is 47.5 Å². The van der Waals surface area contributed by atoms with E-state index in [4.69, 9.17) is 9.51 Å². The van der Waals surface area contributed by atoms with Crippen LogP contribution in [0.15, 0.2) is 28.8 Å². The van der Waals surface area contributed by atoms with E-state index in [1.165, 1.54) is 0 Å². The molecule has 0 spiro atoms. The molecule has 0 saturated carbocycles. The first-order valence-corrected chi connectivity index (χ1v) is 9.99. The number of nitrogens with one attached hydrogen (secondary N) is 1. The maximum absolute atomic E-state index is 13.4. The molecule has 1 aliphatic rings. The molecule has 1 aliphatic heterocycles. The zero-order valence-electron chi connectivity index (χ0n) is 16.8. The number of rotatable bonds is 2. The maximum atomic E-state index is 13.4. The molecule has 29 heavy (non-hydrogen) atoms. The number of carbonyl (C=O) groups excluding carboxylic acids is 1. The molecule has 4 aromatic rings. The highest BCUT2D eigenvalue weighted by Gasteiger charge is 2.29. The third-order valence-corrected chi connectivity index (χ3v) is 5.80. The standard InChI is InChI=1S/C22H23N5O2/c1-12-6-4-8-17-19(12)25-20(24-17)15-7-5-9-27(11-15)22(28)16-10-13(2)23-21-18(16)14(3)26-29-21/h4,6,8,10,15H,5,7,9,11H2,1-3H3,(H,24,25). The summed E-state index contributed by atoms with van der Waals surface area (Å²) >= 11 is 0. The van der Waals surface area contributed by atoms with Crippen molar-refractivity contribution >= 4 is 28.0 Å². The molecular formula is C22H23N5O2. The first-order valence-electron chi connectivity index (χ1n) is 9.99. The van der Waals surface area contributed by atoms with Crippen molar-refractivity contribution in [2.45, 2.75) is 39.5 Å². The van der Waals surface area contributed by atoms with Gasteiger partial charge in [0, 0.05) is 24.7 Å². The Labute approximate surface area is 168 Å². The Morgan fingerprint density at radius 3 is 2.93 bits per heavy atom. The number of likely N-dealkylation sites (tertiary alicyclic amines) is 1. The summed E-state index contributed by atoms with van der Waals surface area (Å²) in [4.78, 5) is 28.0. The van der Waals surface area contributed by atoms with E-state index in [2.05, 4.69) is 34.2 Å². The number of piperidine rings is 1. The van der Waals surface area contributed by atoms with E-state index in [0.29, 0.717) is 28.9 Å². The van der Waals surface area contributed by atoms with Crippen molar-refractivity contribution in [1.82, 2.24) is 25.0 Å². The van der Waals surface area contributed by atoms with Gasteiger partial charge in [-0.2, -0.15) is 0 Å². The fourth-order valence-electron chi connectivity index (χ4n) is 4.33. The number of aryl methyl sites for hydroxylation is 3. The first kappa shape index (κ1) is 17.8. The first-order chi connectivity index (χ1) is 14.0. The minimum atomic E-state index is 0.00351. The van der Waals surface area contributed by atoms with E-state index in [1.807, 2.05) is 30.9 Å². The molecule has 1 amide bonds. The number of para-hydroxylation sites is 1. The van der Waals surface area contributed by atoms with Crippen LogP contribution in [-0.4, -0.2) is 44.0 Å². The quantitative estimate of drug-likeness (QED) is 0.559. The second-order valence-electron chi connectivity index (χ2n) is 7.94. The lowest BCUT2D eigenvalue weighted by Gasteiger charge is -2.32. The van der Waals surface area contributed by atoms with Crippen molar-refractivity contribution in [3.8, 4) is 0 Å². The Balaban J connectivity index is 1.47. The summed E-state index contributed by atoms with van der Waals surface area (Å²) in [5, 5.41) is 4.71. The van der Waals surface area contributed by atoms with Crippen LogP contribution in [0.1, 0.15) is 51.9 Å². The zero-order valence-corrected chi connectivity index (χ0v) is 16.8. The number of amides is 1. The number of fused-ring (bicyclic) bond motifs is 2. The number of hydrogen-bond donors (Lipinski definition) is 1. The molecule has 0 aliphatic carbocycles. The molecule has 1 aromatic carbocycles. The SMILES string of the molecule is Cc1cc(C(=O)N2CCCC(c3nc4c(C)cccc4[nH]3)C2)c2c(C)noc2n1. The van der Waals surface area contributed by atoms with Gasteiger partial charge in [-0.25, -0.2) is 9.97 Å². The molecule has 1 atom stereocenters. The van der Waals surface area contributed by atoms with Gasteiger partial charge in [0.2, 0.25) is 0 Å². The van der Waals surface area contributed by atoms with E-state index < -0.39 is 0 Å². The number of aromatic nitrogens is 4. The van der Waals surface area contributed by atoms with Gasteiger partial charge in [0.25, 0.3) is 11.6 Å². The maximum Gasteiger partial charge on any atom is 0.258 e. The summed E-state index contributed by atoms with van der Waals surface area (Å²) in [5.41, 5.74) is 5.70. The number of benzene rings is 1. The Morgan fingerprint density at radius 2 is 2.10 bits per heavy atom. The van der Waals surface area contributed by atoms with Crippen LogP contribution >= 0.6 is 0 Å². The van der Waals surface area contributed by atoms with Gasteiger partial charge >= 0.3 is 0 Å². The normalized spacial score (nSPS) is 17.3. The second kappa shape index (κ2) is 6.69. The van der Waals surface area contributed by atoms with Crippen molar-refractivity contribution in [1.29, 1.82) is 0 Å². The smallest absolute Gasteiger partial charge is 0.258 e. The van der Waals surface area contributed by atoms with Gasteiger partial charge in [-0.1, -0.05) is 17.3 Å². The molecule has 1 N–H and O–H groups in total. The molecule has 148 valence electrons. The molecule has 3 aromatic heterocycles. The van der Waals surface area contributed by atoms with E-state index in [1.54, 1.807) is 0 Å². The zero-order chi connectivity index (χ0) is 20.1. The minimum absolute atomic E-state index is 0.00351. The Hall–Kier alpha value is -3.22. The summed E-state index contributed by atoms with van der Waals surface area (Å²) in [5.74, 6) is 1.16. The minimum Gasteiger partial charge on any atom is -0.342 e. The van der Waals surface area contributed by atoms with Crippen LogP contribution < -0.4 is 0 Å². The van der Waals surface area contributed by atoms with Crippen LogP contribution in [0.5, 0.6) is 0 Å². The van der Waals surface area contributed by atoms with Crippen LogP contribution in [0.25, 0.3) is 22.1 Å². The molecule has 7 heteroatoms. The molecule has 0 radical (unpaired) electrons. The average molecular weight is 389 g/mol. The van der Waals surface area contributed by atoms with E-state index in [9.17, 15) is 4.79 Å². The van der Waals surface area contributed by atoms with Crippen molar-refractivity contribution < 1.29 is 9.32 Å². The second-order valence-corrected chi connectivity index (χ2v) is 7.94. The van der Waals surface area contributed by atoms with Crippen molar-refractivity contribution in [2.24, 2.45) is 0 Å². The molecule has 4 heterocycles. The Bertz CT molecular complexity index is 1240. The molecule has 7 nitrogen and oxygen atoms in total. The average Bonchev–Trinajstić information content (AvgIpc) is 3.32. The predicted octanol–water partition coefficient (Wildman–Crippen LogP) is 4.04. The van der Waals surface area contributed by atoms with Crippen molar-refractivity contribution in [2.75, 3.05) is 13.1 Å². The fourth-order valence-corrected chi connectivity index (χ4v) is 4.33. The summed E-state index contributed by atoms with van der Waals surface area (Å²) in [6, 6.07) is 8.00. The third kappa shape index (κ3) is 2.97. The van der Waals surface area contributed by atoms with Crippen LogP contribution in [0.4, 0.5) is 0 Å². The summed E-state index contributed by atoms with van der Waals surface area (Å²) in [6.07, 6.45) is 1.96. The van der Waals surface area contributed by atoms with Crippen LogP contribution in [0.2, 0.25) is 0 Å². The number of aromatic amines is 1. The van der Waals surface area contributed by atoms with Gasteiger partial charge in [-0.15, -0.1) is 0 Å². The molecular weight excluding hydrogens is 366 g/mol. The molecule has 1 fully saturated rings. The largest absolute Gasteiger partial charge is 0.342 e. The fraction of sp³-hybridized carbons (Fsp3) is 0.364. The van der Waals surface area contributed by atoms with Gasteiger partial charge in [-0.05, 0) is 51.3 Å². The van der Waals surface area contributed by atoms with Crippen LogP contribution in [0.3, 0.4) is 0 Å². The topological polar surface area (TPSA) is 87.9 Å². The van der Waals surface area contributed by atoms with E-state index in [-0.39, 0.29) is 11.8 Å². The van der Waals surface area contributed by atoms with Crippen LogP contribution in [0, 0.1) is 20.8 Å². The molecule has 1 saturated heterocycles. The number of H-pyrrole nitrogens is 1. The predicted molar refractivity (Wildman–Crippen MR) is 110 cm³/mol. The van der Waals surface area contributed by atoms with Crippen LogP contribution in [-0.2, 0) is 0 Å². The van der Waals surface area contributed by atoms with Gasteiger partial charge in [-0.3, -0.25) is 4.79 Å². The number of pyridine rings is 1. The Kier molecular flexibility index (Phi) is 4.12. The Morgan fingerprint density at radius 1 is 1.24 bits per heavy atom. The van der Waals surface area contributed by atoms with Crippen molar-refractivity contribution in [3.63, 3.8) is 0 Å². The van der Waals surface area contributed by atoms with Gasteiger partial charge in [0.05, 0.1) is 27.7 Å². The lowest BCUT2D eigenvalue weighted by molar-refractivity contribution is 0.0706. The van der Waals surface area contributed by atoms with Gasteiger partial charge in [0.1, 0.15) is 5.82 Å². The highest BCUT2D eigenvalue weighted by atomic mass is 16.5. The molecule has 0 bridgehead atoms. The van der Waals surface area contributed by atoms with Gasteiger partial charge in [0.15, 0.2) is 0 Å². The number of carbonyl (C=O) groups is 1. The number of hydrogen-bond acceptors (Lipinski definition) is 5. The van der Waals surface area contributed by atoms with Crippen molar-refractivity contribution in [3.05, 3.63) is 52.6 Å².